The number of nitrogens with zero attached hydrogens (tertiary/aromatic N) is 2. The van der Waals surface area contributed by atoms with Crippen molar-refractivity contribution in [3.05, 3.63) is 83.3 Å². The maximum atomic E-state index is 12.9. The van der Waals surface area contributed by atoms with Crippen molar-refractivity contribution in [2.24, 2.45) is 0 Å². The number of nitro benzene ring substituents is 1. The Hall–Kier alpha value is -1.98. The highest BCUT2D eigenvalue weighted by atomic mass is 79.9. The lowest BCUT2D eigenvalue weighted by Gasteiger charge is -2.15. The van der Waals surface area contributed by atoms with E-state index in [0.717, 1.165) is 16.2 Å². The Balaban J connectivity index is 1.61. The molecule has 1 fully saturated rings. The van der Waals surface area contributed by atoms with Gasteiger partial charge in [0, 0.05) is 32.7 Å². The van der Waals surface area contributed by atoms with Gasteiger partial charge in [0.2, 0.25) is 0 Å². The predicted octanol–water partition coefficient (Wildman–Crippen LogP) is 7.44. The molecule has 0 atom stereocenters. The summed E-state index contributed by atoms with van der Waals surface area (Å²) in [6.45, 7) is 0. The van der Waals surface area contributed by atoms with E-state index < -0.39 is 4.92 Å². The van der Waals surface area contributed by atoms with Crippen molar-refractivity contribution >= 4 is 95.1 Å². The zero-order chi connectivity index (χ0) is 22.3. The summed E-state index contributed by atoms with van der Waals surface area (Å²) in [4.78, 5) is 25.2. The van der Waals surface area contributed by atoms with Crippen molar-refractivity contribution in [3.63, 3.8) is 0 Å². The van der Waals surface area contributed by atoms with E-state index in [1.54, 1.807) is 42.5 Å². The number of nitro groups is 1. The smallest absolute Gasteiger partial charge is 0.270 e. The molecule has 1 amide bonds. The molecule has 2 aromatic carbocycles. The van der Waals surface area contributed by atoms with E-state index in [4.69, 9.17) is 28.2 Å². The first-order chi connectivity index (χ1) is 14.7. The molecule has 3 aromatic rings. The van der Waals surface area contributed by atoms with Crippen LogP contribution in [0.2, 0.25) is 5.02 Å². The molecular formula is C20H9Br2ClN2O4S2. The van der Waals surface area contributed by atoms with Gasteiger partial charge in [0.1, 0.15) is 11.5 Å². The maximum absolute atomic E-state index is 12.9. The van der Waals surface area contributed by atoms with E-state index in [1.807, 2.05) is 0 Å². The summed E-state index contributed by atoms with van der Waals surface area (Å²) in [6, 6.07) is 13.0. The number of halogens is 3. The largest absolute Gasteiger partial charge is 0.457 e. The Labute approximate surface area is 207 Å². The van der Waals surface area contributed by atoms with Gasteiger partial charge in [-0.3, -0.25) is 19.8 Å². The fourth-order valence-corrected chi connectivity index (χ4v) is 5.10. The van der Waals surface area contributed by atoms with Crippen molar-refractivity contribution in [1.82, 2.24) is 0 Å². The summed E-state index contributed by atoms with van der Waals surface area (Å²) in [5.41, 5.74) is 1.20. The third kappa shape index (κ3) is 4.49. The summed E-state index contributed by atoms with van der Waals surface area (Å²) in [7, 11) is 0. The summed E-state index contributed by atoms with van der Waals surface area (Å²) < 4.78 is 7.48. The molecule has 0 aliphatic carbocycles. The first-order valence-electron chi connectivity index (χ1n) is 8.52. The summed E-state index contributed by atoms with van der Waals surface area (Å²) in [5, 5.41) is 11.4. The minimum atomic E-state index is -0.470. The van der Waals surface area contributed by atoms with Crippen molar-refractivity contribution < 1.29 is 14.1 Å². The number of benzene rings is 2. The van der Waals surface area contributed by atoms with Gasteiger partial charge >= 0.3 is 0 Å². The number of furan rings is 1. The van der Waals surface area contributed by atoms with Crippen molar-refractivity contribution in [2.75, 3.05) is 4.90 Å². The molecule has 6 nitrogen and oxygen atoms in total. The summed E-state index contributed by atoms with van der Waals surface area (Å²) >= 11 is 19.4. The highest BCUT2D eigenvalue weighted by molar-refractivity contribution is 9.11. The maximum Gasteiger partial charge on any atom is 0.270 e. The summed E-state index contributed by atoms with van der Waals surface area (Å²) in [5.74, 6) is 0.681. The number of rotatable bonds is 4. The molecule has 156 valence electrons. The van der Waals surface area contributed by atoms with Crippen LogP contribution in [0.3, 0.4) is 0 Å². The van der Waals surface area contributed by atoms with Crippen LogP contribution in [-0.2, 0) is 4.79 Å². The normalized spacial score (nSPS) is 15.2. The number of hydrogen-bond acceptors (Lipinski definition) is 6. The Kier molecular flexibility index (Phi) is 6.36. The molecule has 0 unspecified atom stereocenters. The fourth-order valence-electron chi connectivity index (χ4n) is 2.84. The van der Waals surface area contributed by atoms with E-state index in [0.29, 0.717) is 41.5 Å². The molecule has 11 heteroatoms. The third-order valence-electron chi connectivity index (χ3n) is 4.28. The molecule has 4 rings (SSSR count). The molecular weight excluding hydrogens is 592 g/mol. The Morgan fingerprint density at radius 2 is 1.90 bits per heavy atom. The molecule has 0 radical (unpaired) electrons. The molecule has 2 heterocycles. The molecule has 0 N–H and O–H groups in total. The standard InChI is InChI=1S/C20H9Br2ClN2O4S2/c21-14-5-2-10(8-16(14)23)24-19(26)18(31-20(24)30)9-12-3-6-17(29-12)13-4-1-11(25(27)28)7-15(13)22/h1-9H/b18-9+. The zero-order valence-electron chi connectivity index (χ0n) is 15.2. The quantitative estimate of drug-likeness (QED) is 0.134. The number of thiocarbonyl (C=S) groups is 1. The van der Waals surface area contributed by atoms with Crippen molar-refractivity contribution in [3.8, 4) is 11.3 Å². The van der Waals surface area contributed by atoms with Gasteiger partial charge in [0.15, 0.2) is 4.32 Å². The first kappa shape index (κ1) is 22.2. The van der Waals surface area contributed by atoms with E-state index in [1.165, 1.54) is 17.0 Å². The molecule has 31 heavy (non-hydrogen) atoms. The second-order valence-corrected chi connectivity index (χ2v) is 10.0. The second kappa shape index (κ2) is 8.87. The number of amides is 1. The van der Waals surface area contributed by atoms with Gasteiger partial charge in [0.05, 0.1) is 20.5 Å². The predicted molar refractivity (Wildman–Crippen MR) is 133 cm³/mol. The van der Waals surface area contributed by atoms with Gasteiger partial charge in [-0.05, 0) is 68.3 Å². The first-order valence-corrected chi connectivity index (χ1v) is 11.7. The van der Waals surface area contributed by atoms with Crippen LogP contribution in [0.15, 0.2) is 66.8 Å². The molecule has 0 saturated carbocycles. The van der Waals surface area contributed by atoms with Crippen molar-refractivity contribution in [2.45, 2.75) is 0 Å². The Morgan fingerprint density at radius 1 is 1.13 bits per heavy atom. The lowest BCUT2D eigenvalue weighted by atomic mass is 10.1. The van der Waals surface area contributed by atoms with Crippen LogP contribution < -0.4 is 4.90 Å². The number of thioether (sulfide) groups is 1. The number of anilines is 1. The number of carbonyl (C=O) groups excluding carboxylic acids is 1. The molecule has 1 saturated heterocycles. The van der Waals surface area contributed by atoms with Crippen molar-refractivity contribution in [1.29, 1.82) is 0 Å². The van der Waals surface area contributed by atoms with Gasteiger partial charge in [-0.25, -0.2) is 0 Å². The lowest BCUT2D eigenvalue weighted by Crippen LogP contribution is -2.27. The van der Waals surface area contributed by atoms with Gasteiger partial charge in [0.25, 0.3) is 11.6 Å². The Morgan fingerprint density at radius 3 is 2.58 bits per heavy atom. The van der Waals surface area contributed by atoms with Gasteiger partial charge < -0.3 is 4.42 Å². The number of hydrogen-bond donors (Lipinski definition) is 0. The summed E-state index contributed by atoms with van der Waals surface area (Å²) in [6.07, 6.45) is 1.61. The molecule has 1 aliphatic rings. The fraction of sp³-hybridized carbons (Fsp3) is 0. The Bertz CT molecular complexity index is 1290. The highest BCUT2D eigenvalue weighted by Gasteiger charge is 2.33. The van der Waals surface area contributed by atoms with Crippen LogP contribution in [0.25, 0.3) is 17.4 Å². The molecule has 1 aliphatic heterocycles. The molecule has 1 aromatic heterocycles. The van der Waals surface area contributed by atoms with E-state index in [-0.39, 0.29) is 11.6 Å². The van der Waals surface area contributed by atoms with Crippen LogP contribution in [0, 0.1) is 10.1 Å². The molecule has 0 bridgehead atoms. The minimum absolute atomic E-state index is 0.0286. The lowest BCUT2D eigenvalue weighted by molar-refractivity contribution is -0.384. The minimum Gasteiger partial charge on any atom is -0.457 e. The van der Waals surface area contributed by atoms with Gasteiger partial charge in [-0.1, -0.05) is 35.6 Å². The average Bonchev–Trinajstić information content (AvgIpc) is 3.28. The number of carbonyl (C=O) groups is 1. The van der Waals surface area contributed by atoms with E-state index >= 15 is 0 Å². The van der Waals surface area contributed by atoms with Gasteiger partial charge in [-0.15, -0.1) is 0 Å². The molecule has 0 spiro atoms. The SMILES string of the molecule is O=C1/C(=C\c2ccc(-c3ccc([N+](=O)[O-])cc3Br)o2)SC(=S)N1c1ccc(Br)c(Cl)c1. The average molecular weight is 601 g/mol. The third-order valence-corrected chi connectivity index (χ3v) is 7.47. The monoisotopic (exact) mass is 598 g/mol. The zero-order valence-corrected chi connectivity index (χ0v) is 20.7. The number of non-ortho nitro benzene ring substituents is 1. The van der Waals surface area contributed by atoms with Crippen LogP contribution in [0.4, 0.5) is 11.4 Å². The highest BCUT2D eigenvalue weighted by Crippen LogP contribution is 2.39. The van der Waals surface area contributed by atoms with Crippen LogP contribution >= 0.6 is 67.4 Å². The van der Waals surface area contributed by atoms with Crippen LogP contribution in [0.5, 0.6) is 0 Å². The topological polar surface area (TPSA) is 76.6 Å². The van der Waals surface area contributed by atoms with E-state index in [9.17, 15) is 14.9 Å². The van der Waals surface area contributed by atoms with Gasteiger partial charge in [-0.2, -0.15) is 0 Å². The van der Waals surface area contributed by atoms with E-state index in [2.05, 4.69) is 31.9 Å². The van der Waals surface area contributed by atoms with Crippen LogP contribution in [0.1, 0.15) is 5.76 Å². The second-order valence-electron chi connectivity index (χ2n) is 6.24. The van der Waals surface area contributed by atoms with Crippen LogP contribution in [-0.4, -0.2) is 15.2 Å².